The number of aromatic nitrogens is 1. The molecular formula is C16H16F3N3OS2. The number of halogens is 3. The average Bonchev–Trinajstić information content (AvgIpc) is 3.07. The van der Waals surface area contributed by atoms with Crippen LogP contribution in [0.3, 0.4) is 0 Å². The lowest BCUT2D eigenvalue weighted by Crippen LogP contribution is -2.48. The van der Waals surface area contributed by atoms with Gasteiger partial charge < -0.3 is 4.90 Å². The number of pyridine rings is 1. The molecule has 134 valence electrons. The summed E-state index contributed by atoms with van der Waals surface area (Å²) in [5, 5.41) is 1.73. The molecule has 0 radical (unpaired) electrons. The Labute approximate surface area is 151 Å². The minimum absolute atomic E-state index is 0.0107. The molecule has 2 aromatic heterocycles. The van der Waals surface area contributed by atoms with Gasteiger partial charge in [0.25, 0.3) is 5.91 Å². The average molecular weight is 387 g/mol. The van der Waals surface area contributed by atoms with E-state index in [2.05, 4.69) is 16.0 Å². The maximum absolute atomic E-state index is 12.7. The maximum Gasteiger partial charge on any atom is 0.447 e. The summed E-state index contributed by atoms with van der Waals surface area (Å²) in [6.07, 6.45) is 1.27. The molecule has 0 atom stereocenters. The van der Waals surface area contributed by atoms with Crippen LogP contribution in [0.4, 0.5) is 13.2 Å². The van der Waals surface area contributed by atoms with Crippen molar-refractivity contribution in [3.63, 3.8) is 0 Å². The Kier molecular flexibility index (Phi) is 5.65. The molecular weight excluding hydrogens is 371 g/mol. The molecule has 0 spiro atoms. The normalized spacial score (nSPS) is 16.2. The quantitative estimate of drug-likeness (QED) is 0.750. The van der Waals surface area contributed by atoms with E-state index < -0.39 is 11.4 Å². The highest BCUT2D eigenvalue weighted by atomic mass is 32.2. The van der Waals surface area contributed by atoms with Gasteiger partial charge in [-0.3, -0.25) is 9.69 Å². The SMILES string of the molecule is O=C(c1cccnc1SC(F)(F)F)N1CCN(Cc2cccs2)CC1. The van der Waals surface area contributed by atoms with E-state index in [1.165, 1.54) is 23.2 Å². The molecule has 3 rings (SSSR count). The van der Waals surface area contributed by atoms with E-state index in [1.807, 2.05) is 11.4 Å². The number of thioether (sulfide) groups is 1. The fraction of sp³-hybridized carbons (Fsp3) is 0.375. The highest BCUT2D eigenvalue weighted by Crippen LogP contribution is 2.37. The number of piperazine rings is 1. The van der Waals surface area contributed by atoms with Crippen LogP contribution in [-0.4, -0.2) is 52.4 Å². The molecule has 0 aliphatic carbocycles. The first-order valence-corrected chi connectivity index (χ1v) is 9.37. The first kappa shape index (κ1) is 18.2. The number of thiophene rings is 1. The molecule has 0 saturated carbocycles. The molecule has 1 saturated heterocycles. The second kappa shape index (κ2) is 7.76. The molecule has 1 aliphatic rings. The van der Waals surface area contributed by atoms with Crippen molar-refractivity contribution in [2.45, 2.75) is 17.1 Å². The molecule has 1 fully saturated rings. The second-order valence-electron chi connectivity index (χ2n) is 5.55. The lowest BCUT2D eigenvalue weighted by atomic mass is 10.2. The van der Waals surface area contributed by atoms with E-state index in [4.69, 9.17) is 0 Å². The zero-order chi connectivity index (χ0) is 17.9. The van der Waals surface area contributed by atoms with Gasteiger partial charge in [-0.25, -0.2) is 4.98 Å². The van der Waals surface area contributed by atoms with Gasteiger partial charge in [-0.2, -0.15) is 13.2 Å². The highest BCUT2D eigenvalue weighted by Gasteiger charge is 2.33. The molecule has 1 aliphatic heterocycles. The van der Waals surface area contributed by atoms with Gasteiger partial charge in [0.1, 0.15) is 5.03 Å². The number of hydrogen-bond acceptors (Lipinski definition) is 5. The number of alkyl halides is 3. The zero-order valence-electron chi connectivity index (χ0n) is 13.2. The van der Waals surface area contributed by atoms with E-state index in [0.29, 0.717) is 26.2 Å². The monoisotopic (exact) mass is 387 g/mol. The van der Waals surface area contributed by atoms with E-state index in [1.54, 1.807) is 16.2 Å². The van der Waals surface area contributed by atoms with E-state index in [-0.39, 0.29) is 22.4 Å². The molecule has 0 bridgehead atoms. The minimum Gasteiger partial charge on any atom is -0.336 e. The summed E-state index contributed by atoms with van der Waals surface area (Å²) in [4.78, 5) is 21.5. The van der Waals surface area contributed by atoms with Gasteiger partial charge in [0.2, 0.25) is 0 Å². The summed E-state index contributed by atoms with van der Waals surface area (Å²) in [7, 11) is 0. The molecule has 1 amide bonds. The maximum atomic E-state index is 12.7. The predicted octanol–water partition coefficient (Wildman–Crippen LogP) is 3.71. The molecule has 4 nitrogen and oxygen atoms in total. The third-order valence-electron chi connectivity index (χ3n) is 3.83. The number of carbonyl (C=O) groups excluding carboxylic acids is 1. The van der Waals surface area contributed by atoms with Crippen LogP contribution in [0.5, 0.6) is 0 Å². The molecule has 25 heavy (non-hydrogen) atoms. The van der Waals surface area contributed by atoms with Crippen molar-refractivity contribution in [3.05, 3.63) is 46.3 Å². The van der Waals surface area contributed by atoms with Gasteiger partial charge in [0.15, 0.2) is 0 Å². The van der Waals surface area contributed by atoms with Crippen LogP contribution in [-0.2, 0) is 6.54 Å². The first-order valence-electron chi connectivity index (χ1n) is 7.67. The van der Waals surface area contributed by atoms with Crippen molar-refractivity contribution in [1.29, 1.82) is 0 Å². The van der Waals surface area contributed by atoms with Gasteiger partial charge >= 0.3 is 5.51 Å². The van der Waals surface area contributed by atoms with Gasteiger partial charge in [-0.1, -0.05) is 6.07 Å². The van der Waals surface area contributed by atoms with Crippen molar-refractivity contribution >= 4 is 29.0 Å². The third-order valence-corrected chi connectivity index (χ3v) is 5.44. The number of amides is 1. The molecule has 3 heterocycles. The van der Waals surface area contributed by atoms with Crippen LogP contribution >= 0.6 is 23.1 Å². The fourth-order valence-electron chi connectivity index (χ4n) is 2.65. The molecule has 0 N–H and O–H groups in total. The Morgan fingerprint density at radius 2 is 1.96 bits per heavy atom. The minimum atomic E-state index is -4.47. The first-order chi connectivity index (χ1) is 11.9. The lowest BCUT2D eigenvalue weighted by Gasteiger charge is -2.34. The molecule has 2 aromatic rings. The van der Waals surface area contributed by atoms with Crippen LogP contribution in [0.1, 0.15) is 15.2 Å². The largest absolute Gasteiger partial charge is 0.447 e. The summed E-state index contributed by atoms with van der Waals surface area (Å²) in [6, 6.07) is 6.96. The number of rotatable bonds is 4. The highest BCUT2D eigenvalue weighted by molar-refractivity contribution is 8.00. The third kappa shape index (κ3) is 4.96. The number of hydrogen-bond donors (Lipinski definition) is 0. The predicted molar refractivity (Wildman–Crippen MR) is 91.6 cm³/mol. The molecule has 0 unspecified atom stereocenters. The summed E-state index contributed by atoms with van der Waals surface area (Å²) < 4.78 is 38.0. The Morgan fingerprint density at radius 1 is 1.20 bits per heavy atom. The van der Waals surface area contributed by atoms with Crippen molar-refractivity contribution < 1.29 is 18.0 Å². The second-order valence-corrected chi connectivity index (χ2v) is 7.64. The lowest BCUT2D eigenvalue weighted by molar-refractivity contribution is -0.0329. The Bertz CT molecular complexity index is 714. The van der Waals surface area contributed by atoms with E-state index >= 15 is 0 Å². The standard InChI is InChI=1S/C16H16F3N3OS2/c17-16(18,19)25-14-13(4-1-5-20-14)15(23)22-8-6-21(7-9-22)11-12-3-2-10-24-12/h1-5,10H,6-9,11H2. The summed E-state index contributed by atoms with van der Waals surface area (Å²) in [6.45, 7) is 3.23. The van der Waals surface area contributed by atoms with Crippen molar-refractivity contribution in [1.82, 2.24) is 14.8 Å². The van der Waals surface area contributed by atoms with Crippen LogP contribution in [0.25, 0.3) is 0 Å². The van der Waals surface area contributed by atoms with Gasteiger partial charge in [-0.05, 0) is 23.6 Å². The zero-order valence-corrected chi connectivity index (χ0v) is 14.8. The van der Waals surface area contributed by atoms with Crippen LogP contribution in [0.2, 0.25) is 0 Å². The van der Waals surface area contributed by atoms with Crippen LogP contribution < -0.4 is 0 Å². The number of carbonyl (C=O) groups is 1. The van der Waals surface area contributed by atoms with E-state index in [9.17, 15) is 18.0 Å². The summed E-state index contributed by atoms with van der Waals surface area (Å²) in [5.74, 6) is -0.393. The Morgan fingerprint density at radius 3 is 2.60 bits per heavy atom. The number of nitrogens with zero attached hydrogens (tertiary/aromatic N) is 3. The van der Waals surface area contributed by atoms with Gasteiger partial charge in [0.05, 0.1) is 5.56 Å². The smallest absolute Gasteiger partial charge is 0.336 e. The Balaban J connectivity index is 1.63. The van der Waals surface area contributed by atoms with Gasteiger partial charge in [-0.15, -0.1) is 11.3 Å². The van der Waals surface area contributed by atoms with Crippen molar-refractivity contribution in [2.24, 2.45) is 0 Å². The fourth-order valence-corrected chi connectivity index (χ4v) is 3.99. The topological polar surface area (TPSA) is 36.4 Å². The van der Waals surface area contributed by atoms with Gasteiger partial charge in [0, 0.05) is 55.6 Å². The summed E-state index contributed by atoms with van der Waals surface area (Å²) >= 11 is 1.34. The van der Waals surface area contributed by atoms with Crippen LogP contribution in [0.15, 0.2) is 40.9 Å². The van der Waals surface area contributed by atoms with Crippen LogP contribution in [0, 0.1) is 0 Å². The Hall–Kier alpha value is -1.58. The summed E-state index contributed by atoms with van der Waals surface area (Å²) in [5.41, 5.74) is -4.46. The van der Waals surface area contributed by atoms with Crippen molar-refractivity contribution in [3.8, 4) is 0 Å². The molecule has 0 aromatic carbocycles. The molecule has 9 heteroatoms. The van der Waals surface area contributed by atoms with E-state index in [0.717, 1.165) is 6.54 Å². The van der Waals surface area contributed by atoms with Crippen molar-refractivity contribution in [2.75, 3.05) is 26.2 Å².